The number of amides is 1. The van der Waals surface area contributed by atoms with E-state index in [0.717, 1.165) is 43.2 Å². The van der Waals surface area contributed by atoms with E-state index in [1.165, 1.54) is 11.3 Å². The van der Waals surface area contributed by atoms with Gasteiger partial charge in [0.15, 0.2) is 0 Å². The number of rotatable bonds is 6. The number of nitrogens with zero attached hydrogens (tertiary/aromatic N) is 2. The highest BCUT2D eigenvalue weighted by atomic mass is 32.1. The largest absolute Gasteiger partial charge is 0.390 e. The SMILES string of the molecule is CCc1ccsc1C(=O)N(C)CC(O)CN1CCOCC1. The van der Waals surface area contributed by atoms with Crippen LogP contribution in [0.15, 0.2) is 11.4 Å². The van der Waals surface area contributed by atoms with Crippen LogP contribution in [0, 0.1) is 0 Å². The molecule has 0 spiro atoms. The number of morpholine rings is 1. The molecule has 6 heteroatoms. The third-order valence-corrected chi connectivity index (χ3v) is 4.67. The summed E-state index contributed by atoms with van der Waals surface area (Å²) in [7, 11) is 1.75. The van der Waals surface area contributed by atoms with Gasteiger partial charge >= 0.3 is 0 Å². The Kier molecular flexibility index (Phi) is 6.17. The van der Waals surface area contributed by atoms with Crippen LogP contribution in [0.2, 0.25) is 0 Å². The zero-order valence-electron chi connectivity index (χ0n) is 12.7. The van der Waals surface area contributed by atoms with E-state index in [9.17, 15) is 9.90 Å². The number of hydrogen-bond donors (Lipinski definition) is 1. The van der Waals surface area contributed by atoms with Crippen molar-refractivity contribution >= 4 is 17.2 Å². The second kappa shape index (κ2) is 7.89. The quantitative estimate of drug-likeness (QED) is 0.854. The zero-order valence-corrected chi connectivity index (χ0v) is 13.6. The maximum Gasteiger partial charge on any atom is 0.264 e. The molecule has 1 N–H and O–H groups in total. The van der Waals surface area contributed by atoms with Crippen LogP contribution in [-0.2, 0) is 11.2 Å². The minimum Gasteiger partial charge on any atom is -0.390 e. The first-order valence-corrected chi connectivity index (χ1v) is 8.29. The van der Waals surface area contributed by atoms with E-state index in [0.29, 0.717) is 13.1 Å². The van der Waals surface area contributed by atoms with Crippen LogP contribution < -0.4 is 0 Å². The molecule has 5 nitrogen and oxygen atoms in total. The van der Waals surface area contributed by atoms with Crippen LogP contribution in [0.25, 0.3) is 0 Å². The number of hydrogen-bond acceptors (Lipinski definition) is 5. The molecule has 0 saturated carbocycles. The summed E-state index contributed by atoms with van der Waals surface area (Å²) < 4.78 is 5.29. The average molecular weight is 312 g/mol. The molecule has 0 aromatic carbocycles. The molecule has 0 aliphatic carbocycles. The minimum absolute atomic E-state index is 0.00266. The predicted octanol–water partition coefficient (Wildman–Crippen LogP) is 1.08. The van der Waals surface area contributed by atoms with Crippen molar-refractivity contribution in [3.63, 3.8) is 0 Å². The summed E-state index contributed by atoms with van der Waals surface area (Å²) in [5.41, 5.74) is 1.08. The fourth-order valence-corrected chi connectivity index (χ4v) is 3.50. The van der Waals surface area contributed by atoms with E-state index in [1.54, 1.807) is 11.9 Å². The Morgan fingerprint density at radius 1 is 1.52 bits per heavy atom. The Bertz CT molecular complexity index is 458. The van der Waals surface area contributed by atoms with Crippen LogP contribution >= 0.6 is 11.3 Å². The lowest BCUT2D eigenvalue weighted by molar-refractivity contribution is 0.00882. The van der Waals surface area contributed by atoms with Gasteiger partial charge in [-0.1, -0.05) is 6.92 Å². The first-order chi connectivity index (χ1) is 10.1. The lowest BCUT2D eigenvalue weighted by Gasteiger charge is -2.30. The zero-order chi connectivity index (χ0) is 15.2. The molecule has 1 aromatic rings. The molecule has 1 unspecified atom stereocenters. The van der Waals surface area contributed by atoms with Crippen LogP contribution in [0.1, 0.15) is 22.2 Å². The number of carbonyl (C=O) groups is 1. The van der Waals surface area contributed by atoms with Crippen molar-refractivity contribution in [1.82, 2.24) is 9.80 Å². The van der Waals surface area contributed by atoms with Crippen molar-refractivity contribution in [2.45, 2.75) is 19.4 Å². The number of β-amino-alcohol motifs (C(OH)–C–C–N with tert-alkyl or cyclic N) is 1. The molecule has 1 aliphatic rings. The van der Waals surface area contributed by atoms with Crippen molar-refractivity contribution in [2.24, 2.45) is 0 Å². The standard InChI is InChI=1S/C15H24N2O3S/c1-3-12-4-9-21-14(12)15(19)16(2)10-13(18)11-17-5-7-20-8-6-17/h4,9,13,18H,3,5-8,10-11H2,1-2H3. The molecule has 0 bridgehead atoms. The molecule has 0 radical (unpaired) electrons. The van der Waals surface area contributed by atoms with Gasteiger partial charge in [0, 0.05) is 33.2 Å². The van der Waals surface area contributed by atoms with Crippen molar-refractivity contribution in [2.75, 3.05) is 46.4 Å². The monoisotopic (exact) mass is 312 g/mol. The Hall–Kier alpha value is -0.950. The molecular formula is C15H24N2O3S. The number of thiophene rings is 1. The van der Waals surface area contributed by atoms with Gasteiger partial charge in [0.25, 0.3) is 5.91 Å². The molecule has 1 amide bonds. The maximum atomic E-state index is 12.4. The van der Waals surface area contributed by atoms with E-state index in [4.69, 9.17) is 4.74 Å². The van der Waals surface area contributed by atoms with Crippen LogP contribution in [0.4, 0.5) is 0 Å². The second-order valence-electron chi connectivity index (χ2n) is 5.38. The van der Waals surface area contributed by atoms with Gasteiger partial charge in [0.1, 0.15) is 0 Å². The molecule has 1 aromatic heterocycles. The fourth-order valence-electron chi connectivity index (χ4n) is 2.51. The number of carbonyl (C=O) groups excluding carboxylic acids is 1. The Labute approximate surface area is 130 Å². The molecule has 1 aliphatic heterocycles. The highest BCUT2D eigenvalue weighted by Gasteiger charge is 2.21. The summed E-state index contributed by atoms with van der Waals surface area (Å²) in [6.45, 7) is 6.13. The lowest BCUT2D eigenvalue weighted by atomic mass is 10.2. The minimum atomic E-state index is -0.526. The van der Waals surface area contributed by atoms with E-state index in [2.05, 4.69) is 4.90 Å². The van der Waals surface area contributed by atoms with Crippen molar-refractivity contribution in [1.29, 1.82) is 0 Å². The van der Waals surface area contributed by atoms with Crippen LogP contribution in [-0.4, -0.2) is 73.4 Å². The third-order valence-electron chi connectivity index (χ3n) is 3.73. The summed E-state index contributed by atoms with van der Waals surface area (Å²) in [5, 5.41) is 12.1. The van der Waals surface area contributed by atoms with Crippen molar-refractivity contribution < 1.29 is 14.6 Å². The van der Waals surface area contributed by atoms with Gasteiger partial charge in [0.2, 0.25) is 0 Å². The molecule has 118 valence electrons. The van der Waals surface area contributed by atoms with Gasteiger partial charge in [-0.15, -0.1) is 11.3 Å². The van der Waals surface area contributed by atoms with E-state index in [1.807, 2.05) is 18.4 Å². The Morgan fingerprint density at radius 2 is 2.24 bits per heavy atom. The van der Waals surface area contributed by atoms with E-state index >= 15 is 0 Å². The highest BCUT2D eigenvalue weighted by molar-refractivity contribution is 7.12. The summed E-state index contributed by atoms with van der Waals surface area (Å²) in [6.07, 6.45) is 0.330. The first kappa shape index (κ1) is 16.4. The van der Waals surface area contributed by atoms with Gasteiger partial charge in [-0.2, -0.15) is 0 Å². The fraction of sp³-hybridized carbons (Fsp3) is 0.667. The summed E-state index contributed by atoms with van der Waals surface area (Å²) in [4.78, 5) is 17.0. The molecule has 2 heterocycles. The van der Waals surface area contributed by atoms with Crippen molar-refractivity contribution in [3.8, 4) is 0 Å². The number of aliphatic hydroxyl groups is 1. The summed E-state index contributed by atoms with van der Waals surface area (Å²) in [5.74, 6) is 0.00266. The van der Waals surface area contributed by atoms with Gasteiger partial charge < -0.3 is 14.7 Å². The molecule has 2 rings (SSSR count). The average Bonchev–Trinajstić information content (AvgIpc) is 2.95. The number of aliphatic hydroxyl groups excluding tert-OH is 1. The number of aryl methyl sites for hydroxylation is 1. The molecule has 21 heavy (non-hydrogen) atoms. The van der Waals surface area contributed by atoms with E-state index in [-0.39, 0.29) is 5.91 Å². The van der Waals surface area contributed by atoms with Gasteiger partial charge in [-0.3, -0.25) is 9.69 Å². The van der Waals surface area contributed by atoms with Gasteiger partial charge in [-0.25, -0.2) is 0 Å². The number of ether oxygens (including phenoxy) is 1. The van der Waals surface area contributed by atoms with Crippen LogP contribution in [0.5, 0.6) is 0 Å². The highest BCUT2D eigenvalue weighted by Crippen LogP contribution is 2.19. The third kappa shape index (κ3) is 4.51. The van der Waals surface area contributed by atoms with E-state index < -0.39 is 6.10 Å². The van der Waals surface area contributed by atoms with Crippen molar-refractivity contribution in [3.05, 3.63) is 21.9 Å². The smallest absolute Gasteiger partial charge is 0.264 e. The maximum absolute atomic E-state index is 12.4. The second-order valence-corrected chi connectivity index (χ2v) is 6.30. The summed E-state index contributed by atoms with van der Waals surface area (Å²) in [6, 6.07) is 2.00. The topological polar surface area (TPSA) is 53.0 Å². The summed E-state index contributed by atoms with van der Waals surface area (Å²) >= 11 is 1.47. The van der Waals surface area contributed by atoms with Gasteiger partial charge in [0.05, 0.1) is 24.2 Å². The van der Waals surface area contributed by atoms with Gasteiger partial charge in [-0.05, 0) is 23.4 Å². The van der Waals surface area contributed by atoms with Crippen LogP contribution in [0.3, 0.4) is 0 Å². The molecule has 1 atom stereocenters. The molecule has 1 saturated heterocycles. The number of likely N-dealkylation sites (N-methyl/N-ethyl adjacent to an activating group) is 1. The lowest BCUT2D eigenvalue weighted by Crippen LogP contribution is -2.45. The predicted molar refractivity (Wildman–Crippen MR) is 83.9 cm³/mol. The Morgan fingerprint density at radius 3 is 2.90 bits per heavy atom. The Balaban J connectivity index is 1.85. The normalized spacial score (nSPS) is 17.7. The molecule has 1 fully saturated rings. The first-order valence-electron chi connectivity index (χ1n) is 7.41. The molecular weight excluding hydrogens is 288 g/mol.